The average molecular weight is 277 g/mol. The summed E-state index contributed by atoms with van der Waals surface area (Å²) in [6.45, 7) is 0.482. The van der Waals surface area contributed by atoms with Gasteiger partial charge in [-0.05, 0) is 31.0 Å². The highest BCUT2D eigenvalue weighted by Crippen LogP contribution is 2.21. The van der Waals surface area contributed by atoms with Gasteiger partial charge in [-0.25, -0.2) is 9.59 Å². The van der Waals surface area contributed by atoms with Gasteiger partial charge in [0.1, 0.15) is 6.04 Å². The van der Waals surface area contributed by atoms with E-state index in [1.807, 2.05) is 37.2 Å². The van der Waals surface area contributed by atoms with E-state index in [4.69, 9.17) is 5.11 Å². The molecular weight excluding hydrogens is 258 g/mol. The predicted octanol–water partition coefficient (Wildman–Crippen LogP) is 1.83. The van der Waals surface area contributed by atoms with Crippen molar-refractivity contribution in [3.05, 3.63) is 24.3 Å². The first-order valence-corrected chi connectivity index (χ1v) is 6.57. The van der Waals surface area contributed by atoms with Gasteiger partial charge in [0.25, 0.3) is 0 Å². The summed E-state index contributed by atoms with van der Waals surface area (Å²) in [5, 5.41) is 11.8. The number of benzene rings is 1. The van der Waals surface area contributed by atoms with Crippen molar-refractivity contribution in [2.45, 2.75) is 18.9 Å². The summed E-state index contributed by atoms with van der Waals surface area (Å²) in [5.74, 6) is -0.945. The van der Waals surface area contributed by atoms with E-state index in [1.54, 1.807) is 6.07 Å². The highest BCUT2D eigenvalue weighted by molar-refractivity contribution is 5.93. The Hall–Kier alpha value is -2.24. The number of carbonyl (C=O) groups is 2. The zero-order chi connectivity index (χ0) is 14.7. The Morgan fingerprint density at radius 3 is 2.80 bits per heavy atom. The summed E-state index contributed by atoms with van der Waals surface area (Å²) in [6.07, 6.45) is 1.24. The number of nitrogens with zero attached hydrogens (tertiary/aromatic N) is 2. The zero-order valence-electron chi connectivity index (χ0n) is 11.7. The van der Waals surface area contributed by atoms with Crippen molar-refractivity contribution in [3.63, 3.8) is 0 Å². The quantitative estimate of drug-likeness (QED) is 0.884. The Kier molecular flexibility index (Phi) is 4.12. The van der Waals surface area contributed by atoms with E-state index in [1.165, 1.54) is 4.90 Å². The molecule has 1 aliphatic heterocycles. The topological polar surface area (TPSA) is 72.9 Å². The summed E-state index contributed by atoms with van der Waals surface area (Å²) >= 11 is 0. The van der Waals surface area contributed by atoms with Gasteiger partial charge in [-0.15, -0.1) is 0 Å². The Morgan fingerprint density at radius 2 is 2.15 bits per heavy atom. The molecule has 20 heavy (non-hydrogen) atoms. The molecule has 6 nitrogen and oxygen atoms in total. The van der Waals surface area contributed by atoms with Gasteiger partial charge < -0.3 is 20.2 Å². The third-order valence-electron chi connectivity index (χ3n) is 3.41. The van der Waals surface area contributed by atoms with E-state index in [2.05, 4.69) is 5.32 Å². The first kappa shape index (κ1) is 14.2. The normalized spacial score (nSPS) is 17.9. The second-order valence-corrected chi connectivity index (χ2v) is 5.06. The standard InChI is InChI=1S/C14H19N3O3/c1-16(2)11-6-3-5-10(9-11)15-14(20)17-8-4-7-12(17)13(18)19/h3,5-6,9,12H,4,7-8H2,1-2H3,(H,15,20)(H,18,19). The molecule has 6 heteroatoms. The number of hydrogen-bond acceptors (Lipinski definition) is 3. The number of rotatable bonds is 3. The van der Waals surface area contributed by atoms with E-state index in [0.29, 0.717) is 18.7 Å². The number of amides is 2. The number of hydrogen-bond donors (Lipinski definition) is 2. The van der Waals surface area contributed by atoms with Crippen LogP contribution in [0, 0.1) is 0 Å². The summed E-state index contributed by atoms with van der Waals surface area (Å²) in [7, 11) is 3.84. The molecule has 0 aliphatic carbocycles. The fourth-order valence-corrected chi connectivity index (χ4v) is 2.32. The first-order valence-electron chi connectivity index (χ1n) is 6.57. The van der Waals surface area contributed by atoms with Crippen LogP contribution in [-0.2, 0) is 4.79 Å². The van der Waals surface area contributed by atoms with Crippen molar-refractivity contribution < 1.29 is 14.7 Å². The van der Waals surface area contributed by atoms with E-state index in [-0.39, 0.29) is 6.03 Å². The molecular formula is C14H19N3O3. The lowest BCUT2D eigenvalue weighted by atomic mass is 10.2. The molecule has 1 unspecified atom stereocenters. The van der Waals surface area contributed by atoms with Gasteiger partial charge in [-0.1, -0.05) is 6.07 Å². The largest absolute Gasteiger partial charge is 0.480 e. The van der Waals surface area contributed by atoms with Crippen molar-refractivity contribution in [2.75, 3.05) is 30.9 Å². The molecule has 2 amide bonds. The Balaban J connectivity index is 2.08. The maximum absolute atomic E-state index is 12.1. The van der Waals surface area contributed by atoms with E-state index >= 15 is 0 Å². The third kappa shape index (κ3) is 3.01. The Bertz CT molecular complexity index is 516. The molecule has 2 rings (SSSR count). The van der Waals surface area contributed by atoms with Gasteiger partial charge in [-0.3, -0.25) is 0 Å². The van der Waals surface area contributed by atoms with E-state index < -0.39 is 12.0 Å². The third-order valence-corrected chi connectivity index (χ3v) is 3.41. The smallest absolute Gasteiger partial charge is 0.326 e. The SMILES string of the molecule is CN(C)c1cccc(NC(=O)N2CCCC2C(=O)O)c1. The van der Waals surface area contributed by atoms with E-state index in [9.17, 15) is 9.59 Å². The molecule has 108 valence electrons. The van der Waals surface area contributed by atoms with Crippen molar-refractivity contribution >= 4 is 23.4 Å². The van der Waals surface area contributed by atoms with Gasteiger partial charge in [-0.2, -0.15) is 0 Å². The zero-order valence-corrected chi connectivity index (χ0v) is 11.7. The number of anilines is 2. The van der Waals surface area contributed by atoms with Gasteiger partial charge in [0.2, 0.25) is 0 Å². The molecule has 1 aliphatic rings. The molecule has 1 fully saturated rings. The van der Waals surface area contributed by atoms with Crippen LogP contribution < -0.4 is 10.2 Å². The van der Waals surface area contributed by atoms with Crippen LogP contribution in [-0.4, -0.2) is 48.7 Å². The molecule has 1 saturated heterocycles. The van der Waals surface area contributed by atoms with Gasteiger partial charge in [0.05, 0.1) is 0 Å². The number of aliphatic carboxylic acids is 1. The molecule has 0 radical (unpaired) electrons. The fourth-order valence-electron chi connectivity index (χ4n) is 2.32. The molecule has 1 aromatic rings. The molecule has 1 atom stereocenters. The van der Waals surface area contributed by atoms with Gasteiger partial charge >= 0.3 is 12.0 Å². The van der Waals surface area contributed by atoms with Crippen LogP contribution in [0.25, 0.3) is 0 Å². The molecule has 0 aromatic heterocycles. The fraction of sp³-hybridized carbons (Fsp3) is 0.429. The second kappa shape index (κ2) is 5.81. The lowest BCUT2D eigenvalue weighted by Crippen LogP contribution is -2.42. The summed E-state index contributed by atoms with van der Waals surface area (Å²) in [6, 6.07) is 6.35. The lowest BCUT2D eigenvalue weighted by Gasteiger charge is -2.22. The van der Waals surface area contributed by atoms with Crippen LogP contribution in [0.2, 0.25) is 0 Å². The van der Waals surface area contributed by atoms with Crippen LogP contribution in [0.5, 0.6) is 0 Å². The minimum absolute atomic E-state index is 0.356. The lowest BCUT2D eigenvalue weighted by molar-refractivity contribution is -0.141. The molecule has 1 heterocycles. The highest BCUT2D eigenvalue weighted by atomic mass is 16.4. The molecule has 1 aromatic carbocycles. The Morgan fingerprint density at radius 1 is 1.40 bits per heavy atom. The van der Waals surface area contributed by atoms with Crippen molar-refractivity contribution in [2.24, 2.45) is 0 Å². The number of urea groups is 1. The molecule has 0 saturated carbocycles. The van der Waals surface area contributed by atoms with Crippen LogP contribution in [0.15, 0.2) is 24.3 Å². The molecule has 0 bridgehead atoms. The summed E-state index contributed by atoms with van der Waals surface area (Å²) in [4.78, 5) is 26.5. The number of carbonyl (C=O) groups excluding carboxylic acids is 1. The van der Waals surface area contributed by atoms with Gasteiger partial charge in [0.15, 0.2) is 0 Å². The first-order chi connectivity index (χ1) is 9.49. The van der Waals surface area contributed by atoms with Crippen LogP contribution in [0.3, 0.4) is 0 Å². The predicted molar refractivity (Wildman–Crippen MR) is 77.2 cm³/mol. The number of carboxylic acids is 1. The average Bonchev–Trinajstić information content (AvgIpc) is 2.88. The summed E-state index contributed by atoms with van der Waals surface area (Å²) in [5.41, 5.74) is 1.64. The van der Waals surface area contributed by atoms with E-state index in [0.717, 1.165) is 12.1 Å². The van der Waals surface area contributed by atoms with Crippen molar-refractivity contribution in [1.29, 1.82) is 0 Å². The number of carboxylic acid groups (broad SMARTS) is 1. The minimum atomic E-state index is -0.945. The van der Waals surface area contributed by atoms with Crippen molar-refractivity contribution in [3.8, 4) is 0 Å². The summed E-state index contributed by atoms with van der Waals surface area (Å²) < 4.78 is 0. The monoisotopic (exact) mass is 277 g/mol. The molecule has 0 spiro atoms. The molecule has 2 N–H and O–H groups in total. The second-order valence-electron chi connectivity index (χ2n) is 5.06. The van der Waals surface area contributed by atoms with Gasteiger partial charge in [0, 0.05) is 32.0 Å². The van der Waals surface area contributed by atoms with Crippen LogP contribution in [0.4, 0.5) is 16.2 Å². The number of likely N-dealkylation sites (tertiary alicyclic amines) is 1. The Labute approximate surface area is 118 Å². The number of nitrogens with one attached hydrogen (secondary N) is 1. The highest BCUT2D eigenvalue weighted by Gasteiger charge is 2.33. The minimum Gasteiger partial charge on any atom is -0.480 e. The van der Waals surface area contributed by atoms with Crippen LogP contribution in [0.1, 0.15) is 12.8 Å². The van der Waals surface area contributed by atoms with Crippen molar-refractivity contribution in [1.82, 2.24) is 4.90 Å². The maximum atomic E-state index is 12.1. The van der Waals surface area contributed by atoms with Crippen LogP contribution >= 0.6 is 0 Å². The maximum Gasteiger partial charge on any atom is 0.326 e.